The van der Waals surface area contributed by atoms with Crippen molar-refractivity contribution in [1.82, 2.24) is 15.3 Å². The number of aromatic nitrogens is 2. The lowest BCUT2D eigenvalue weighted by molar-refractivity contribution is -0.154. The van der Waals surface area contributed by atoms with Crippen LogP contribution in [-0.4, -0.2) is 28.7 Å². The molecule has 5 nitrogen and oxygen atoms in total. The summed E-state index contributed by atoms with van der Waals surface area (Å²) < 4.78 is 41.7. The van der Waals surface area contributed by atoms with Crippen molar-refractivity contribution in [1.29, 1.82) is 0 Å². The summed E-state index contributed by atoms with van der Waals surface area (Å²) in [5, 5.41) is 5.60. The first kappa shape index (κ1) is 22.9. The zero-order chi connectivity index (χ0) is 23.3. The Kier molecular flexibility index (Phi) is 7.05. The Morgan fingerprint density at radius 3 is 2.64 bits per heavy atom. The molecule has 33 heavy (non-hydrogen) atoms. The standard InChI is InChI=1S/C23H18F3N3O2S2/c24-23(25,26)14-31-20-11-15(8-9-27-20)13-28-19(30)12-18-21(17-7-4-10-32-17)29-22(33-18)16-5-2-1-3-6-16/h1-11H,12-14H2,(H,28,30). The zero-order valence-electron chi connectivity index (χ0n) is 17.1. The largest absolute Gasteiger partial charge is 0.468 e. The van der Waals surface area contributed by atoms with Gasteiger partial charge in [-0.3, -0.25) is 4.79 Å². The summed E-state index contributed by atoms with van der Waals surface area (Å²) >= 11 is 3.03. The Morgan fingerprint density at radius 1 is 1.09 bits per heavy atom. The second-order valence-corrected chi connectivity index (χ2v) is 9.03. The molecule has 0 aliphatic heterocycles. The fraction of sp³-hybridized carbons (Fsp3) is 0.174. The van der Waals surface area contributed by atoms with E-state index in [-0.39, 0.29) is 24.8 Å². The van der Waals surface area contributed by atoms with Gasteiger partial charge in [0.25, 0.3) is 0 Å². The number of nitrogens with one attached hydrogen (secondary N) is 1. The smallest absolute Gasteiger partial charge is 0.422 e. The van der Waals surface area contributed by atoms with Crippen LogP contribution in [0.25, 0.3) is 21.1 Å². The summed E-state index contributed by atoms with van der Waals surface area (Å²) in [6.07, 6.45) is -2.96. The van der Waals surface area contributed by atoms with Gasteiger partial charge in [-0.1, -0.05) is 36.4 Å². The molecule has 0 aliphatic carbocycles. The molecule has 3 aromatic heterocycles. The van der Waals surface area contributed by atoms with E-state index in [4.69, 9.17) is 4.98 Å². The number of carbonyl (C=O) groups excluding carboxylic acids is 1. The van der Waals surface area contributed by atoms with Crippen molar-refractivity contribution >= 4 is 28.6 Å². The molecule has 0 bridgehead atoms. The molecule has 1 aromatic carbocycles. The predicted octanol–water partition coefficient (Wildman–Crippen LogP) is 5.73. The molecule has 0 aliphatic rings. The number of nitrogens with zero attached hydrogens (tertiary/aromatic N) is 2. The SMILES string of the molecule is O=C(Cc1sc(-c2ccccc2)nc1-c1cccs1)NCc1ccnc(OCC(F)(F)F)c1. The first-order valence-electron chi connectivity index (χ1n) is 9.87. The Bertz CT molecular complexity index is 1210. The Labute approximate surface area is 195 Å². The van der Waals surface area contributed by atoms with Gasteiger partial charge in [0.1, 0.15) is 5.01 Å². The van der Waals surface area contributed by atoms with Gasteiger partial charge in [-0.05, 0) is 23.1 Å². The Balaban J connectivity index is 1.44. The number of benzene rings is 1. The first-order chi connectivity index (χ1) is 15.9. The van der Waals surface area contributed by atoms with Crippen molar-refractivity contribution in [2.45, 2.75) is 19.1 Å². The van der Waals surface area contributed by atoms with Gasteiger partial charge in [-0.15, -0.1) is 22.7 Å². The van der Waals surface area contributed by atoms with Gasteiger partial charge < -0.3 is 10.1 Å². The topological polar surface area (TPSA) is 64.1 Å². The van der Waals surface area contributed by atoms with Gasteiger partial charge in [0, 0.05) is 29.2 Å². The van der Waals surface area contributed by atoms with Gasteiger partial charge >= 0.3 is 6.18 Å². The number of halogens is 3. The highest BCUT2D eigenvalue weighted by molar-refractivity contribution is 7.17. The van der Waals surface area contributed by atoms with Crippen LogP contribution in [0, 0.1) is 0 Å². The third-order valence-electron chi connectivity index (χ3n) is 4.47. The highest BCUT2D eigenvalue weighted by Crippen LogP contribution is 2.36. The van der Waals surface area contributed by atoms with Crippen molar-refractivity contribution in [3.63, 3.8) is 0 Å². The molecule has 1 N–H and O–H groups in total. The van der Waals surface area contributed by atoms with Crippen molar-refractivity contribution in [3.05, 3.63) is 76.6 Å². The number of amides is 1. The van der Waals surface area contributed by atoms with Crippen molar-refractivity contribution in [2.75, 3.05) is 6.61 Å². The molecule has 170 valence electrons. The Morgan fingerprint density at radius 2 is 1.91 bits per heavy atom. The molecule has 0 unspecified atom stereocenters. The number of ether oxygens (including phenoxy) is 1. The normalized spacial score (nSPS) is 11.4. The van der Waals surface area contributed by atoms with Crippen LogP contribution in [0.15, 0.2) is 66.2 Å². The van der Waals surface area contributed by atoms with E-state index in [2.05, 4.69) is 15.0 Å². The molecule has 3 heterocycles. The highest BCUT2D eigenvalue weighted by atomic mass is 32.1. The maximum Gasteiger partial charge on any atom is 0.422 e. The second kappa shape index (κ2) is 10.1. The van der Waals surface area contributed by atoms with Crippen LogP contribution in [0.2, 0.25) is 0 Å². The van der Waals surface area contributed by atoms with E-state index in [0.29, 0.717) is 5.56 Å². The summed E-state index contributed by atoms with van der Waals surface area (Å²) in [5.74, 6) is -0.361. The molecule has 0 saturated carbocycles. The highest BCUT2D eigenvalue weighted by Gasteiger charge is 2.28. The van der Waals surface area contributed by atoms with Crippen molar-refractivity contribution in [2.24, 2.45) is 0 Å². The van der Waals surface area contributed by atoms with Crippen molar-refractivity contribution in [3.8, 4) is 27.0 Å². The summed E-state index contributed by atoms with van der Waals surface area (Å²) in [5.41, 5.74) is 2.36. The van der Waals surface area contributed by atoms with E-state index in [1.54, 1.807) is 17.4 Å². The van der Waals surface area contributed by atoms with E-state index >= 15 is 0 Å². The fourth-order valence-electron chi connectivity index (χ4n) is 2.99. The molecule has 10 heteroatoms. The number of carbonyl (C=O) groups is 1. The third-order valence-corrected chi connectivity index (χ3v) is 6.45. The average Bonchev–Trinajstić information content (AvgIpc) is 3.47. The number of rotatable bonds is 8. The van der Waals surface area contributed by atoms with E-state index in [0.717, 1.165) is 26.0 Å². The number of pyridine rings is 1. The fourth-order valence-corrected chi connectivity index (χ4v) is 4.87. The van der Waals surface area contributed by atoms with Gasteiger partial charge in [0.2, 0.25) is 11.8 Å². The number of thiazole rings is 1. The minimum atomic E-state index is -4.44. The van der Waals surface area contributed by atoms with E-state index in [1.807, 2.05) is 47.8 Å². The third kappa shape index (κ3) is 6.39. The molecule has 0 atom stereocenters. The molecule has 0 spiro atoms. The zero-order valence-corrected chi connectivity index (χ0v) is 18.8. The Hall–Kier alpha value is -3.24. The van der Waals surface area contributed by atoms with Crippen LogP contribution in [0.4, 0.5) is 13.2 Å². The number of thiophene rings is 1. The minimum absolute atomic E-state index is 0.139. The van der Waals surface area contributed by atoms with Crippen LogP contribution in [0.1, 0.15) is 10.4 Å². The molecule has 0 fully saturated rings. The van der Waals surface area contributed by atoms with E-state index in [9.17, 15) is 18.0 Å². The van der Waals surface area contributed by atoms with Gasteiger partial charge in [0.05, 0.1) is 17.0 Å². The van der Waals surface area contributed by atoms with Crippen LogP contribution < -0.4 is 10.1 Å². The maximum atomic E-state index is 12.7. The van der Waals surface area contributed by atoms with Crippen LogP contribution in [-0.2, 0) is 17.8 Å². The van der Waals surface area contributed by atoms with Crippen LogP contribution >= 0.6 is 22.7 Å². The summed E-state index contributed by atoms with van der Waals surface area (Å²) in [4.78, 5) is 23.0. The number of hydrogen-bond acceptors (Lipinski definition) is 6. The predicted molar refractivity (Wildman–Crippen MR) is 122 cm³/mol. The summed E-state index contributed by atoms with van der Waals surface area (Å²) in [6, 6.07) is 16.7. The van der Waals surface area contributed by atoms with Gasteiger partial charge in [-0.25, -0.2) is 9.97 Å². The average molecular weight is 490 g/mol. The summed E-state index contributed by atoms with van der Waals surface area (Å²) in [7, 11) is 0. The molecular formula is C23H18F3N3O2S2. The quantitative estimate of drug-likeness (QED) is 0.343. The first-order valence-corrected chi connectivity index (χ1v) is 11.6. The van der Waals surface area contributed by atoms with Crippen molar-refractivity contribution < 1.29 is 22.7 Å². The molecule has 1 amide bonds. The number of alkyl halides is 3. The van der Waals surface area contributed by atoms with Gasteiger partial charge in [-0.2, -0.15) is 13.2 Å². The second-order valence-electron chi connectivity index (χ2n) is 6.99. The maximum absolute atomic E-state index is 12.7. The van der Waals surface area contributed by atoms with Crippen LogP contribution in [0.5, 0.6) is 5.88 Å². The minimum Gasteiger partial charge on any atom is -0.468 e. The van der Waals surface area contributed by atoms with E-state index in [1.165, 1.54) is 23.6 Å². The molecule has 4 rings (SSSR count). The van der Waals surface area contributed by atoms with Crippen LogP contribution in [0.3, 0.4) is 0 Å². The lowest BCUT2D eigenvalue weighted by atomic mass is 10.2. The number of hydrogen-bond donors (Lipinski definition) is 1. The molecule has 0 saturated heterocycles. The molecule has 0 radical (unpaired) electrons. The summed E-state index contributed by atoms with van der Waals surface area (Å²) in [6.45, 7) is -1.28. The monoisotopic (exact) mass is 489 g/mol. The molecular weight excluding hydrogens is 471 g/mol. The van der Waals surface area contributed by atoms with E-state index < -0.39 is 12.8 Å². The lowest BCUT2D eigenvalue weighted by Crippen LogP contribution is -2.24. The van der Waals surface area contributed by atoms with Gasteiger partial charge in [0.15, 0.2) is 6.61 Å². The molecule has 4 aromatic rings. The lowest BCUT2D eigenvalue weighted by Gasteiger charge is -2.10.